The van der Waals surface area contributed by atoms with Gasteiger partial charge in [0.25, 0.3) is 5.91 Å². The number of H-pyrrole nitrogens is 1. The minimum Gasteiger partial charge on any atom is -0.494 e. The number of halogens is 1. The van der Waals surface area contributed by atoms with E-state index in [1.54, 1.807) is 30.8 Å². The highest BCUT2D eigenvalue weighted by Gasteiger charge is 2.20. The summed E-state index contributed by atoms with van der Waals surface area (Å²) in [7, 11) is 1.70. The van der Waals surface area contributed by atoms with E-state index in [9.17, 15) is 4.79 Å². The Morgan fingerprint density at radius 1 is 1.06 bits per heavy atom. The van der Waals surface area contributed by atoms with Crippen LogP contribution in [0.3, 0.4) is 0 Å². The van der Waals surface area contributed by atoms with E-state index in [-0.39, 0.29) is 11.6 Å². The number of hydrogen-bond acceptors (Lipinski definition) is 6. The molecule has 0 fully saturated rings. The van der Waals surface area contributed by atoms with Gasteiger partial charge in [0.2, 0.25) is 0 Å². The molecule has 33 heavy (non-hydrogen) atoms. The molecule has 0 aliphatic rings. The van der Waals surface area contributed by atoms with Crippen molar-refractivity contribution in [3.8, 4) is 28.4 Å². The summed E-state index contributed by atoms with van der Waals surface area (Å²) >= 11 is 7.39. The van der Waals surface area contributed by atoms with Crippen molar-refractivity contribution in [1.29, 1.82) is 0 Å². The molecule has 2 heterocycles. The van der Waals surface area contributed by atoms with Crippen molar-refractivity contribution in [3.63, 3.8) is 0 Å². The molecule has 0 spiro atoms. The number of aromatic nitrogens is 3. The van der Waals surface area contributed by atoms with Gasteiger partial charge in [-0.25, -0.2) is 9.97 Å². The van der Waals surface area contributed by atoms with Crippen molar-refractivity contribution in [1.82, 2.24) is 15.0 Å². The molecule has 2 aromatic carbocycles. The summed E-state index contributed by atoms with van der Waals surface area (Å²) in [5, 5.41) is 5.73. The molecule has 170 valence electrons. The molecule has 0 unspecified atom stereocenters. The highest BCUT2D eigenvalue weighted by molar-refractivity contribution is 7.13. The number of benzene rings is 2. The summed E-state index contributed by atoms with van der Waals surface area (Å²) in [6.07, 6.45) is 3.52. The van der Waals surface area contributed by atoms with E-state index in [4.69, 9.17) is 21.1 Å². The first kappa shape index (κ1) is 23.0. The average Bonchev–Trinajstić information content (AvgIpc) is 3.50. The fourth-order valence-corrected chi connectivity index (χ4v) is 3.84. The minimum absolute atomic E-state index is 0.279. The zero-order valence-corrected chi connectivity index (χ0v) is 19.6. The molecule has 0 bridgehead atoms. The van der Waals surface area contributed by atoms with Gasteiger partial charge in [-0.15, -0.1) is 11.3 Å². The summed E-state index contributed by atoms with van der Waals surface area (Å²) in [6, 6.07) is 14.9. The van der Waals surface area contributed by atoms with E-state index in [0.29, 0.717) is 28.3 Å². The normalized spacial score (nSPS) is 10.8. The first-order valence-electron chi connectivity index (χ1n) is 10.4. The Bertz CT molecular complexity index is 1180. The number of thiazole rings is 1. The van der Waals surface area contributed by atoms with Gasteiger partial charge in [0.1, 0.15) is 11.6 Å². The van der Waals surface area contributed by atoms with Gasteiger partial charge in [0, 0.05) is 41.4 Å². The molecule has 2 N–H and O–H groups in total. The lowest BCUT2D eigenvalue weighted by Gasteiger charge is -2.06. The largest absolute Gasteiger partial charge is 0.494 e. The third-order valence-electron chi connectivity index (χ3n) is 4.84. The molecule has 9 heteroatoms. The van der Waals surface area contributed by atoms with E-state index in [2.05, 4.69) is 20.3 Å². The number of hydrogen-bond donors (Lipinski definition) is 2. The molecule has 0 saturated carbocycles. The standard InChI is InChI=1S/C24H23ClN4O3S/c1-31-13-2-3-14-32-19-10-6-17(7-11-19)22-27-20(16-4-8-18(25)9-5-16)21(28-22)23(30)29-24-26-12-15-33-24/h4-12,15H,2-3,13-14H2,1H3,(H,27,28)(H,26,29,30). The number of carbonyl (C=O) groups is 1. The minimum atomic E-state index is -0.339. The van der Waals surface area contributed by atoms with Gasteiger partial charge < -0.3 is 14.5 Å². The second-order valence-corrected chi connectivity index (χ2v) is 8.51. The number of anilines is 1. The predicted octanol–water partition coefficient (Wildman–Crippen LogP) is 5.91. The van der Waals surface area contributed by atoms with Crippen molar-refractivity contribution in [2.45, 2.75) is 12.8 Å². The van der Waals surface area contributed by atoms with Crippen LogP contribution in [-0.2, 0) is 4.74 Å². The van der Waals surface area contributed by atoms with Crippen LogP contribution in [0.2, 0.25) is 5.02 Å². The lowest BCUT2D eigenvalue weighted by molar-refractivity contribution is 0.102. The molecule has 0 atom stereocenters. The maximum atomic E-state index is 13.0. The predicted molar refractivity (Wildman–Crippen MR) is 131 cm³/mol. The fourth-order valence-electron chi connectivity index (χ4n) is 3.19. The Morgan fingerprint density at radius 2 is 1.79 bits per heavy atom. The molecular weight excluding hydrogens is 460 g/mol. The summed E-state index contributed by atoms with van der Waals surface area (Å²) in [6.45, 7) is 1.36. The highest BCUT2D eigenvalue weighted by atomic mass is 35.5. The number of nitrogens with zero attached hydrogens (tertiary/aromatic N) is 2. The highest BCUT2D eigenvalue weighted by Crippen LogP contribution is 2.29. The van der Waals surface area contributed by atoms with E-state index < -0.39 is 0 Å². The van der Waals surface area contributed by atoms with Gasteiger partial charge in [-0.05, 0) is 49.2 Å². The summed E-state index contributed by atoms with van der Waals surface area (Å²) in [4.78, 5) is 25.0. The molecule has 4 rings (SSSR count). The number of methoxy groups -OCH3 is 1. The van der Waals surface area contributed by atoms with E-state index in [1.165, 1.54) is 11.3 Å². The Morgan fingerprint density at radius 3 is 2.48 bits per heavy atom. The number of carbonyl (C=O) groups excluding carboxylic acids is 1. The Hall–Kier alpha value is -3.20. The van der Waals surface area contributed by atoms with Crippen LogP contribution >= 0.6 is 22.9 Å². The second kappa shape index (κ2) is 11.1. The van der Waals surface area contributed by atoms with E-state index >= 15 is 0 Å². The maximum Gasteiger partial charge on any atom is 0.278 e. The van der Waals surface area contributed by atoms with Gasteiger partial charge in [-0.2, -0.15) is 0 Å². The van der Waals surface area contributed by atoms with Crippen LogP contribution < -0.4 is 10.1 Å². The van der Waals surface area contributed by atoms with E-state index in [0.717, 1.165) is 36.3 Å². The zero-order valence-electron chi connectivity index (χ0n) is 18.0. The van der Waals surface area contributed by atoms with Crippen LogP contribution in [0, 0.1) is 0 Å². The molecule has 0 saturated heterocycles. The average molecular weight is 483 g/mol. The first-order valence-corrected chi connectivity index (χ1v) is 11.7. The Kier molecular flexibility index (Phi) is 7.72. The number of ether oxygens (including phenoxy) is 2. The van der Waals surface area contributed by atoms with Crippen LogP contribution in [0.5, 0.6) is 5.75 Å². The van der Waals surface area contributed by atoms with Gasteiger partial charge in [-0.3, -0.25) is 10.1 Å². The quantitative estimate of drug-likeness (QED) is 0.274. The van der Waals surface area contributed by atoms with Crippen LogP contribution in [0.15, 0.2) is 60.1 Å². The molecule has 7 nitrogen and oxygen atoms in total. The van der Waals surface area contributed by atoms with Crippen LogP contribution in [-0.4, -0.2) is 41.2 Å². The zero-order chi connectivity index (χ0) is 23.0. The molecule has 2 aromatic heterocycles. The fraction of sp³-hybridized carbons (Fsp3) is 0.208. The summed E-state index contributed by atoms with van der Waals surface area (Å²) in [5.41, 5.74) is 2.53. The van der Waals surface area contributed by atoms with Crippen molar-refractivity contribution in [3.05, 3.63) is 70.8 Å². The second-order valence-electron chi connectivity index (χ2n) is 7.18. The number of imidazole rings is 1. The SMILES string of the molecule is COCCCCOc1ccc(-c2nc(C(=O)Nc3nccs3)c(-c3ccc(Cl)cc3)[nH]2)cc1. The van der Waals surface area contributed by atoms with E-state index in [1.807, 2.05) is 36.4 Å². The topological polar surface area (TPSA) is 89.1 Å². The molecule has 1 amide bonds. The van der Waals surface area contributed by atoms with Gasteiger partial charge in [0.05, 0.1) is 12.3 Å². The number of nitrogens with one attached hydrogen (secondary N) is 2. The van der Waals surface area contributed by atoms with Crippen molar-refractivity contribution >= 4 is 34.0 Å². The third kappa shape index (κ3) is 5.98. The van der Waals surface area contributed by atoms with Crippen molar-refractivity contribution < 1.29 is 14.3 Å². The molecule has 0 aliphatic heterocycles. The number of unbranched alkanes of at least 4 members (excludes halogenated alkanes) is 1. The molecular formula is C24H23ClN4O3S. The summed E-state index contributed by atoms with van der Waals surface area (Å²) in [5.74, 6) is 1.02. The summed E-state index contributed by atoms with van der Waals surface area (Å²) < 4.78 is 10.8. The molecule has 4 aromatic rings. The first-order chi connectivity index (χ1) is 16.1. The molecule has 0 radical (unpaired) electrons. The number of amides is 1. The van der Waals surface area contributed by atoms with Gasteiger partial charge >= 0.3 is 0 Å². The lowest BCUT2D eigenvalue weighted by atomic mass is 10.1. The van der Waals surface area contributed by atoms with Crippen molar-refractivity contribution in [2.75, 3.05) is 25.6 Å². The lowest BCUT2D eigenvalue weighted by Crippen LogP contribution is -2.13. The van der Waals surface area contributed by atoms with Crippen LogP contribution in [0.25, 0.3) is 22.6 Å². The smallest absolute Gasteiger partial charge is 0.278 e. The molecule has 0 aliphatic carbocycles. The van der Waals surface area contributed by atoms with Gasteiger partial charge in [-0.1, -0.05) is 23.7 Å². The number of rotatable bonds is 10. The Balaban J connectivity index is 1.57. The van der Waals surface area contributed by atoms with Crippen molar-refractivity contribution in [2.24, 2.45) is 0 Å². The van der Waals surface area contributed by atoms with Crippen LogP contribution in [0.4, 0.5) is 5.13 Å². The monoisotopic (exact) mass is 482 g/mol. The van der Waals surface area contributed by atoms with Gasteiger partial charge in [0.15, 0.2) is 10.8 Å². The van der Waals surface area contributed by atoms with Crippen LogP contribution in [0.1, 0.15) is 23.3 Å². The third-order valence-corrected chi connectivity index (χ3v) is 5.78. The maximum absolute atomic E-state index is 13.0. The number of aromatic amines is 1. The Labute approximate surface area is 200 Å².